The van der Waals surface area contributed by atoms with Crippen molar-refractivity contribution in [3.05, 3.63) is 47.4 Å². The molecule has 1 aromatic carbocycles. The molecule has 2 aromatic rings. The second-order valence-corrected chi connectivity index (χ2v) is 6.05. The standard InChI is InChI=1S/C14H14ClN3OS/c1-9-7-13(17-8-16-9)20-10(2)14(19)18-12-5-3-11(15)4-6-12/h3-8,10H,1-2H3,(H,18,19)/t10-/m0/s1. The Bertz CT molecular complexity index is 604. The number of carbonyl (C=O) groups is 1. The maximum absolute atomic E-state index is 12.1. The van der Waals surface area contributed by atoms with Crippen molar-refractivity contribution < 1.29 is 4.79 Å². The number of nitrogens with one attached hydrogen (secondary N) is 1. The van der Waals surface area contributed by atoms with Crippen molar-refractivity contribution >= 4 is 35.0 Å². The van der Waals surface area contributed by atoms with E-state index in [2.05, 4.69) is 15.3 Å². The summed E-state index contributed by atoms with van der Waals surface area (Å²) in [5.41, 5.74) is 1.61. The first-order valence-corrected chi connectivity index (χ1v) is 7.32. The van der Waals surface area contributed by atoms with E-state index in [4.69, 9.17) is 11.6 Å². The number of rotatable bonds is 4. The van der Waals surface area contributed by atoms with Gasteiger partial charge < -0.3 is 5.32 Å². The van der Waals surface area contributed by atoms with E-state index in [1.807, 2.05) is 19.9 Å². The number of amides is 1. The molecule has 1 aromatic heterocycles. The normalized spacial score (nSPS) is 11.9. The summed E-state index contributed by atoms with van der Waals surface area (Å²) in [5.74, 6) is -0.0754. The van der Waals surface area contributed by atoms with Crippen LogP contribution in [0.15, 0.2) is 41.7 Å². The lowest BCUT2D eigenvalue weighted by atomic mass is 10.3. The molecule has 20 heavy (non-hydrogen) atoms. The van der Waals surface area contributed by atoms with Crippen LogP contribution >= 0.6 is 23.4 Å². The molecule has 1 amide bonds. The van der Waals surface area contributed by atoms with Gasteiger partial charge in [-0.25, -0.2) is 9.97 Å². The summed E-state index contributed by atoms with van der Waals surface area (Å²) < 4.78 is 0. The van der Waals surface area contributed by atoms with Crippen LogP contribution in [0, 0.1) is 6.92 Å². The minimum absolute atomic E-state index is 0.0754. The predicted molar refractivity (Wildman–Crippen MR) is 82.2 cm³/mol. The van der Waals surface area contributed by atoms with Gasteiger partial charge in [-0.15, -0.1) is 0 Å². The number of halogens is 1. The topological polar surface area (TPSA) is 54.9 Å². The quantitative estimate of drug-likeness (QED) is 0.693. The van der Waals surface area contributed by atoms with Crippen molar-refractivity contribution in [1.29, 1.82) is 0 Å². The number of anilines is 1. The number of benzene rings is 1. The van der Waals surface area contributed by atoms with Crippen LogP contribution in [0.5, 0.6) is 0 Å². The lowest BCUT2D eigenvalue weighted by Crippen LogP contribution is -2.22. The van der Waals surface area contributed by atoms with E-state index < -0.39 is 0 Å². The summed E-state index contributed by atoms with van der Waals surface area (Å²) in [6, 6.07) is 8.88. The Balaban J connectivity index is 1.96. The monoisotopic (exact) mass is 307 g/mol. The SMILES string of the molecule is Cc1cc(S[C@@H](C)C(=O)Nc2ccc(Cl)cc2)ncn1. The zero-order valence-electron chi connectivity index (χ0n) is 11.1. The van der Waals surface area contributed by atoms with Gasteiger partial charge in [0.15, 0.2) is 0 Å². The van der Waals surface area contributed by atoms with Crippen LogP contribution in [0.3, 0.4) is 0 Å². The van der Waals surface area contributed by atoms with Gasteiger partial charge in [-0.05, 0) is 44.2 Å². The first-order valence-electron chi connectivity index (χ1n) is 6.06. The van der Waals surface area contributed by atoms with E-state index in [1.165, 1.54) is 18.1 Å². The number of hydrogen-bond acceptors (Lipinski definition) is 4. The number of aromatic nitrogens is 2. The highest BCUT2D eigenvalue weighted by Crippen LogP contribution is 2.22. The number of carbonyl (C=O) groups excluding carboxylic acids is 1. The molecule has 0 spiro atoms. The molecule has 0 aliphatic rings. The Kier molecular flexibility index (Phi) is 4.98. The summed E-state index contributed by atoms with van der Waals surface area (Å²) in [6.07, 6.45) is 1.50. The lowest BCUT2D eigenvalue weighted by molar-refractivity contribution is -0.115. The molecule has 0 aliphatic carbocycles. The van der Waals surface area contributed by atoms with Crippen molar-refractivity contribution in [2.45, 2.75) is 24.1 Å². The fourth-order valence-corrected chi connectivity index (χ4v) is 2.51. The minimum Gasteiger partial charge on any atom is -0.325 e. The molecular weight excluding hydrogens is 294 g/mol. The minimum atomic E-state index is -0.250. The van der Waals surface area contributed by atoms with Crippen molar-refractivity contribution in [3.8, 4) is 0 Å². The largest absolute Gasteiger partial charge is 0.325 e. The average Bonchev–Trinajstić information content (AvgIpc) is 2.41. The maximum atomic E-state index is 12.1. The molecule has 0 fully saturated rings. The third kappa shape index (κ3) is 4.21. The van der Waals surface area contributed by atoms with Crippen molar-refractivity contribution in [1.82, 2.24) is 9.97 Å². The van der Waals surface area contributed by atoms with Gasteiger partial charge in [0.1, 0.15) is 11.4 Å². The molecule has 0 bridgehead atoms. The van der Waals surface area contributed by atoms with E-state index in [1.54, 1.807) is 24.3 Å². The molecule has 6 heteroatoms. The first kappa shape index (κ1) is 14.8. The summed E-state index contributed by atoms with van der Waals surface area (Å²) >= 11 is 7.20. The summed E-state index contributed by atoms with van der Waals surface area (Å²) in [5, 5.41) is 4.02. The highest BCUT2D eigenvalue weighted by Gasteiger charge is 2.15. The summed E-state index contributed by atoms with van der Waals surface area (Å²) in [7, 11) is 0. The van der Waals surface area contributed by atoms with E-state index in [-0.39, 0.29) is 11.2 Å². The Morgan fingerprint density at radius 2 is 2.00 bits per heavy atom. The predicted octanol–water partition coefficient (Wildman–Crippen LogP) is 3.56. The second-order valence-electron chi connectivity index (χ2n) is 4.25. The van der Waals surface area contributed by atoms with Crippen LogP contribution in [0.25, 0.3) is 0 Å². The van der Waals surface area contributed by atoms with E-state index in [0.29, 0.717) is 5.02 Å². The number of nitrogens with zero attached hydrogens (tertiary/aromatic N) is 2. The zero-order chi connectivity index (χ0) is 14.5. The molecular formula is C14H14ClN3OS. The van der Waals surface area contributed by atoms with Crippen LogP contribution < -0.4 is 5.32 Å². The molecule has 0 unspecified atom stereocenters. The van der Waals surface area contributed by atoms with Crippen LogP contribution in [0.2, 0.25) is 5.02 Å². The fourth-order valence-electron chi connectivity index (χ4n) is 1.51. The van der Waals surface area contributed by atoms with Gasteiger partial charge in [0, 0.05) is 16.4 Å². The molecule has 0 aliphatic heterocycles. The molecule has 4 nitrogen and oxygen atoms in total. The molecule has 104 valence electrons. The van der Waals surface area contributed by atoms with Gasteiger partial charge in [0.05, 0.1) is 5.25 Å². The fraction of sp³-hybridized carbons (Fsp3) is 0.214. The van der Waals surface area contributed by atoms with Gasteiger partial charge in [-0.3, -0.25) is 4.79 Å². The lowest BCUT2D eigenvalue weighted by Gasteiger charge is -2.11. The van der Waals surface area contributed by atoms with Gasteiger partial charge in [0.2, 0.25) is 5.91 Å². The number of thioether (sulfide) groups is 1. The Labute approximate surface area is 127 Å². The number of hydrogen-bond donors (Lipinski definition) is 1. The van der Waals surface area contributed by atoms with Crippen molar-refractivity contribution in [3.63, 3.8) is 0 Å². The molecule has 1 atom stereocenters. The molecule has 0 saturated carbocycles. The molecule has 0 saturated heterocycles. The Morgan fingerprint density at radius 3 is 2.65 bits per heavy atom. The third-order valence-corrected chi connectivity index (χ3v) is 3.84. The van der Waals surface area contributed by atoms with Gasteiger partial charge in [0.25, 0.3) is 0 Å². The van der Waals surface area contributed by atoms with Gasteiger partial charge in [-0.1, -0.05) is 23.4 Å². The highest BCUT2D eigenvalue weighted by atomic mass is 35.5. The molecule has 1 heterocycles. The summed E-state index contributed by atoms with van der Waals surface area (Å²) in [4.78, 5) is 20.2. The average molecular weight is 308 g/mol. The van der Waals surface area contributed by atoms with Crippen LogP contribution in [0.4, 0.5) is 5.69 Å². The van der Waals surface area contributed by atoms with Crippen LogP contribution in [-0.2, 0) is 4.79 Å². The van der Waals surface area contributed by atoms with Gasteiger partial charge in [-0.2, -0.15) is 0 Å². The van der Waals surface area contributed by atoms with E-state index in [9.17, 15) is 4.79 Å². The maximum Gasteiger partial charge on any atom is 0.237 e. The molecule has 0 radical (unpaired) electrons. The zero-order valence-corrected chi connectivity index (χ0v) is 12.7. The second kappa shape index (κ2) is 6.72. The van der Waals surface area contributed by atoms with Gasteiger partial charge >= 0.3 is 0 Å². The van der Waals surface area contributed by atoms with Crippen molar-refractivity contribution in [2.24, 2.45) is 0 Å². The molecule has 1 N–H and O–H groups in total. The Hall–Kier alpha value is -1.59. The smallest absolute Gasteiger partial charge is 0.237 e. The highest BCUT2D eigenvalue weighted by molar-refractivity contribution is 8.00. The number of aryl methyl sites for hydroxylation is 1. The van der Waals surface area contributed by atoms with Crippen molar-refractivity contribution in [2.75, 3.05) is 5.32 Å². The van der Waals surface area contributed by atoms with Crippen LogP contribution in [0.1, 0.15) is 12.6 Å². The first-order chi connectivity index (χ1) is 9.54. The molecule has 2 rings (SSSR count). The van der Waals surface area contributed by atoms with E-state index in [0.717, 1.165) is 16.4 Å². The Morgan fingerprint density at radius 1 is 1.30 bits per heavy atom. The third-order valence-electron chi connectivity index (χ3n) is 2.56. The summed E-state index contributed by atoms with van der Waals surface area (Å²) in [6.45, 7) is 3.73. The van der Waals surface area contributed by atoms with Crippen LogP contribution in [-0.4, -0.2) is 21.1 Å². The van der Waals surface area contributed by atoms with E-state index >= 15 is 0 Å².